The minimum atomic E-state index is -1.16. The van der Waals surface area contributed by atoms with Crippen LogP contribution in [0.2, 0.25) is 0 Å². The van der Waals surface area contributed by atoms with Gasteiger partial charge in [-0.2, -0.15) is 0 Å². The van der Waals surface area contributed by atoms with E-state index in [0.29, 0.717) is 13.0 Å². The summed E-state index contributed by atoms with van der Waals surface area (Å²) in [5.74, 6) is -1.72. The standard InChI is InChI=1S/C11H12FNO3/c12-9-3-1-2-8(11(15)16)10(9)13-5-4-7(14)6-13/h1-3,7,14H,4-6H2,(H,15,16). The molecule has 0 radical (unpaired) electrons. The van der Waals surface area contributed by atoms with Gasteiger partial charge in [-0.15, -0.1) is 0 Å². The Bertz CT molecular complexity index is 422. The van der Waals surface area contributed by atoms with Crippen LogP contribution in [-0.2, 0) is 0 Å². The molecule has 1 aromatic rings. The number of β-amino-alcohol motifs (C(OH)–C–C–N with tert-alkyl or cyclic N) is 1. The van der Waals surface area contributed by atoms with E-state index in [2.05, 4.69) is 0 Å². The van der Waals surface area contributed by atoms with E-state index in [1.54, 1.807) is 4.90 Å². The fraction of sp³-hybridized carbons (Fsp3) is 0.364. The Hall–Kier alpha value is -1.62. The van der Waals surface area contributed by atoms with Gasteiger partial charge in [0.15, 0.2) is 0 Å². The number of aliphatic hydroxyl groups excluding tert-OH is 1. The monoisotopic (exact) mass is 225 g/mol. The van der Waals surface area contributed by atoms with Gasteiger partial charge in [-0.05, 0) is 18.6 Å². The first-order valence-corrected chi connectivity index (χ1v) is 5.04. The second-order valence-electron chi connectivity index (χ2n) is 3.83. The van der Waals surface area contributed by atoms with E-state index in [0.717, 1.165) is 0 Å². The average Bonchev–Trinajstić information content (AvgIpc) is 2.64. The molecular weight excluding hydrogens is 213 g/mol. The Labute approximate surface area is 91.9 Å². The van der Waals surface area contributed by atoms with Gasteiger partial charge < -0.3 is 15.1 Å². The second-order valence-corrected chi connectivity index (χ2v) is 3.83. The number of carbonyl (C=O) groups is 1. The fourth-order valence-corrected chi connectivity index (χ4v) is 1.95. The number of anilines is 1. The lowest BCUT2D eigenvalue weighted by atomic mass is 10.1. The summed E-state index contributed by atoms with van der Waals surface area (Å²) in [6.07, 6.45) is 0.0224. The van der Waals surface area contributed by atoms with Crippen LogP contribution in [0, 0.1) is 5.82 Å². The van der Waals surface area contributed by atoms with Gasteiger partial charge in [-0.25, -0.2) is 9.18 Å². The molecule has 1 heterocycles. The van der Waals surface area contributed by atoms with Crippen molar-refractivity contribution in [1.29, 1.82) is 0 Å². The number of aromatic carboxylic acids is 1. The molecule has 0 amide bonds. The van der Waals surface area contributed by atoms with E-state index >= 15 is 0 Å². The molecule has 4 nitrogen and oxygen atoms in total. The molecular formula is C11H12FNO3. The highest BCUT2D eigenvalue weighted by Crippen LogP contribution is 2.27. The number of rotatable bonds is 2. The quantitative estimate of drug-likeness (QED) is 0.791. The molecule has 16 heavy (non-hydrogen) atoms. The molecule has 0 aliphatic carbocycles. The van der Waals surface area contributed by atoms with Crippen LogP contribution in [0.25, 0.3) is 0 Å². The van der Waals surface area contributed by atoms with Crippen LogP contribution >= 0.6 is 0 Å². The lowest BCUT2D eigenvalue weighted by Gasteiger charge is -2.20. The fourth-order valence-electron chi connectivity index (χ4n) is 1.95. The van der Waals surface area contributed by atoms with Crippen molar-refractivity contribution in [3.63, 3.8) is 0 Å². The van der Waals surface area contributed by atoms with Crippen LogP contribution in [0.1, 0.15) is 16.8 Å². The topological polar surface area (TPSA) is 60.8 Å². The third-order valence-electron chi connectivity index (χ3n) is 2.70. The number of halogens is 1. The third-order valence-corrected chi connectivity index (χ3v) is 2.70. The maximum Gasteiger partial charge on any atom is 0.337 e. The van der Waals surface area contributed by atoms with Crippen molar-refractivity contribution in [2.45, 2.75) is 12.5 Å². The molecule has 0 aromatic heterocycles. The molecule has 86 valence electrons. The summed E-state index contributed by atoms with van der Waals surface area (Å²) in [7, 11) is 0. The van der Waals surface area contributed by atoms with Crippen LogP contribution in [0.5, 0.6) is 0 Å². The Morgan fingerprint density at radius 3 is 2.81 bits per heavy atom. The number of carboxylic acids is 1. The van der Waals surface area contributed by atoms with Crippen LogP contribution in [0.3, 0.4) is 0 Å². The van der Waals surface area contributed by atoms with Crippen LogP contribution < -0.4 is 4.90 Å². The van der Waals surface area contributed by atoms with Gasteiger partial charge >= 0.3 is 5.97 Å². The Kier molecular flexibility index (Phi) is 2.78. The van der Waals surface area contributed by atoms with Crippen molar-refractivity contribution in [1.82, 2.24) is 0 Å². The Balaban J connectivity index is 2.42. The summed E-state index contributed by atoms with van der Waals surface area (Å²) in [6, 6.07) is 3.96. The van der Waals surface area contributed by atoms with Crippen molar-refractivity contribution < 1.29 is 19.4 Å². The van der Waals surface area contributed by atoms with Crippen LogP contribution in [0.4, 0.5) is 10.1 Å². The normalized spacial score (nSPS) is 20.1. The van der Waals surface area contributed by atoms with Crippen molar-refractivity contribution in [2.75, 3.05) is 18.0 Å². The van der Waals surface area contributed by atoms with Gasteiger partial charge in [-0.1, -0.05) is 6.07 Å². The van der Waals surface area contributed by atoms with Gasteiger partial charge in [0, 0.05) is 13.1 Å². The van der Waals surface area contributed by atoms with E-state index in [-0.39, 0.29) is 17.8 Å². The molecule has 1 saturated heterocycles. The smallest absolute Gasteiger partial charge is 0.337 e. The van der Waals surface area contributed by atoms with Crippen molar-refractivity contribution in [2.24, 2.45) is 0 Å². The van der Waals surface area contributed by atoms with E-state index in [1.165, 1.54) is 18.2 Å². The van der Waals surface area contributed by atoms with Gasteiger partial charge in [-0.3, -0.25) is 0 Å². The van der Waals surface area contributed by atoms with Gasteiger partial charge in [0.2, 0.25) is 0 Å². The molecule has 0 spiro atoms. The van der Waals surface area contributed by atoms with Crippen LogP contribution in [0.15, 0.2) is 18.2 Å². The zero-order valence-electron chi connectivity index (χ0n) is 8.56. The summed E-state index contributed by atoms with van der Waals surface area (Å²) in [5.41, 5.74) is 0.0145. The number of para-hydroxylation sites is 1. The highest BCUT2D eigenvalue weighted by atomic mass is 19.1. The average molecular weight is 225 g/mol. The summed E-state index contributed by atoms with van der Waals surface area (Å²) in [4.78, 5) is 12.5. The lowest BCUT2D eigenvalue weighted by Crippen LogP contribution is -2.24. The molecule has 1 unspecified atom stereocenters. The number of benzene rings is 1. The van der Waals surface area contributed by atoms with Gasteiger partial charge in [0.25, 0.3) is 0 Å². The molecule has 2 rings (SSSR count). The number of nitrogens with zero attached hydrogens (tertiary/aromatic N) is 1. The van der Waals surface area contributed by atoms with Crippen molar-refractivity contribution >= 4 is 11.7 Å². The van der Waals surface area contributed by atoms with E-state index in [1.807, 2.05) is 0 Å². The van der Waals surface area contributed by atoms with Gasteiger partial charge in [0.1, 0.15) is 5.82 Å². The highest BCUT2D eigenvalue weighted by molar-refractivity contribution is 5.94. The van der Waals surface area contributed by atoms with Crippen molar-refractivity contribution in [3.8, 4) is 0 Å². The zero-order valence-corrected chi connectivity index (χ0v) is 8.56. The molecule has 1 aliphatic heterocycles. The molecule has 0 saturated carbocycles. The predicted octanol–water partition coefficient (Wildman–Crippen LogP) is 1.09. The van der Waals surface area contributed by atoms with Gasteiger partial charge in [0.05, 0.1) is 17.4 Å². The van der Waals surface area contributed by atoms with Crippen LogP contribution in [-0.4, -0.2) is 35.4 Å². The lowest BCUT2D eigenvalue weighted by molar-refractivity contribution is 0.0697. The molecule has 1 aliphatic rings. The molecule has 1 atom stereocenters. The predicted molar refractivity (Wildman–Crippen MR) is 56.2 cm³/mol. The molecule has 2 N–H and O–H groups in total. The molecule has 0 bridgehead atoms. The largest absolute Gasteiger partial charge is 0.478 e. The highest BCUT2D eigenvalue weighted by Gasteiger charge is 2.26. The minimum Gasteiger partial charge on any atom is -0.478 e. The van der Waals surface area contributed by atoms with E-state index in [4.69, 9.17) is 5.11 Å². The summed E-state index contributed by atoms with van der Waals surface area (Å²) < 4.78 is 13.6. The van der Waals surface area contributed by atoms with Crippen molar-refractivity contribution in [3.05, 3.63) is 29.6 Å². The summed E-state index contributed by atoms with van der Waals surface area (Å²) in [5, 5.41) is 18.3. The summed E-state index contributed by atoms with van der Waals surface area (Å²) in [6.45, 7) is 0.754. The maximum atomic E-state index is 13.6. The van der Waals surface area contributed by atoms with E-state index < -0.39 is 17.9 Å². The SMILES string of the molecule is O=C(O)c1cccc(F)c1N1CCC(O)C1. The molecule has 1 aromatic carbocycles. The molecule has 5 heteroatoms. The molecule has 1 fully saturated rings. The number of hydrogen-bond donors (Lipinski definition) is 2. The third kappa shape index (κ3) is 1.86. The zero-order chi connectivity index (χ0) is 11.7. The first-order chi connectivity index (χ1) is 7.59. The second kappa shape index (κ2) is 4.09. The summed E-state index contributed by atoms with van der Waals surface area (Å²) >= 11 is 0. The first kappa shape index (κ1) is 10.9. The van der Waals surface area contributed by atoms with E-state index in [9.17, 15) is 14.3 Å². The Morgan fingerprint density at radius 1 is 1.50 bits per heavy atom. The Morgan fingerprint density at radius 2 is 2.25 bits per heavy atom. The number of carboxylic acid groups (broad SMARTS) is 1. The minimum absolute atomic E-state index is 0.0610. The maximum absolute atomic E-state index is 13.6. The first-order valence-electron chi connectivity index (χ1n) is 5.04. The number of aliphatic hydroxyl groups is 1. The number of hydrogen-bond acceptors (Lipinski definition) is 3.